The van der Waals surface area contributed by atoms with Gasteiger partial charge in [-0.1, -0.05) is 19.1 Å². The molecule has 1 amide bonds. The molecule has 0 spiro atoms. The molecular formula is C28H34N2O8S2. The third kappa shape index (κ3) is 7.24. The van der Waals surface area contributed by atoms with Gasteiger partial charge in [0.15, 0.2) is 21.3 Å². The maximum atomic E-state index is 13.9. The summed E-state index contributed by atoms with van der Waals surface area (Å²) in [5, 5.41) is 2.87. The first kappa shape index (κ1) is 30.8. The van der Waals surface area contributed by atoms with Crippen LogP contribution in [0.2, 0.25) is 0 Å². The van der Waals surface area contributed by atoms with E-state index >= 15 is 0 Å². The molecule has 0 bridgehead atoms. The van der Waals surface area contributed by atoms with Crippen molar-refractivity contribution in [2.45, 2.75) is 36.1 Å². The van der Waals surface area contributed by atoms with Gasteiger partial charge in [-0.3, -0.25) is 9.10 Å². The Bertz CT molecular complexity index is 1520. The minimum absolute atomic E-state index is 0.0877. The second kappa shape index (κ2) is 13.1. The summed E-state index contributed by atoms with van der Waals surface area (Å²) in [5.41, 5.74) is 0.956. The average Bonchev–Trinajstić information content (AvgIpc) is 2.94. The van der Waals surface area contributed by atoms with Crippen LogP contribution in [0.5, 0.6) is 17.2 Å². The summed E-state index contributed by atoms with van der Waals surface area (Å²) in [6, 6.07) is 16.4. The van der Waals surface area contributed by atoms with Gasteiger partial charge in [-0.05, 0) is 67.4 Å². The highest BCUT2D eigenvalue weighted by molar-refractivity contribution is 7.93. The molecule has 0 saturated heterocycles. The number of nitrogens with one attached hydrogen (secondary N) is 1. The molecule has 0 aliphatic carbocycles. The van der Waals surface area contributed by atoms with Gasteiger partial charge in [0.05, 0.1) is 42.3 Å². The molecule has 3 rings (SSSR count). The Kier molecular flexibility index (Phi) is 10.0. The number of hydrogen-bond donors (Lipinski definition) is 1. The number of ether oxygens (including phenoxy) is 3. The van der Waals surface area contributed by atoms with Crippen LogP contribution in [0.25, 0.3) is 0 Å². The largest absolute Gasteiger partial charge is 0.494 e. The van der Waals surface area contributed by atoms with E-state index in [1.54, 1.807) is 36.4 Å². The van der Waals surface area contributed by atoms with Crippen molar-refractivity contribution in [2.24, 2.45) is 0 Å². The molecule has 3 aromatic rings. The lowest BCUT2D eigenvalue weighted by Crippen LogP contribution is -2.42. The fourth-order valence-corrected chi connectivity index (χ4v) is 6.10. The van der Waals surface area contributed by atoms with Crippen molar-refractivity contribution in [3.05, 3.63) is 72.3 Å². The first-order valence-corrected chi connectivity index (χ1v) is 15.8. The second-order valence-electron chi connectivity index (χ2n) is 8.82. The molecule has 1 atom stereocenters. The predicted octanol–water partition coefficient (Wildman–Crippen LogP) is 3.97. The van der Waals surface area contributed by atoms with Crippen LogP contribution in [0.4, 0.5) is 5.69 Å². The molecular weight excluding hydrogens is 556 g/mol. The number of benzene rings is 3. The first-order chi connectivity index (χ1) is 18.9. The van der Waals surface area contributed by atoms with Crippen molar-refractivity contribution >= 4 is 31.5 Å². The zero-order valence-corrected chi connectivity index (χ0v) is 24.7. The van der Waals surface area contributed by atoms with Crippen molar-refractivity contribution in [1.29, 1.82) is 0 Å². The highest BCUT2D eigenvalue weighted by Gasteiger charge is 2.29. The summed E-state index contributed by atoms with van der Waals surface area (Å²) in [6.07, 6.45) is 1.62. The van der Waals surface area contributed by atoms with Crippen molar-refractivity contribution in [3.8, 4) is 17.2 Å². The number of carbonyl (C=O) groups is 1. The molecule has 1 unspecified atom stereocenters. The summed E-state index contributed by atoms with van der Waals surface area (Å²) in [4.78, 5) is 13.4. The Balaban J connectivity index is 1.95. The van der Waals surface area contributed by atoms with Gasteiger partial charge in [0.1, 0.15) is 12.3 Å². The zero-order chi connectivity index (χ0) is 29.5. The molecule has 216 valence electrons. The van der Waals surface area contributed by atoms with E-state index in [0.717, 1.165) is 10.6 Å². The minimum atomic E-state index is -4.23. The van der Waals surface area contributed by atoms with Gasteiger partial charge >= 0.3 is 0 Å². The number of hydrogen-bond acceptors (Lipinski definition) is 8. The quantitative estimate of drug-likeness (QED) is 0.317. The van der Waals surface area contributed by atoms with Crippen LogP contribution in [0.15, 0.2) is 76.5 Å². The molecule has 0 aliphatic heterocycles. The Morgan fingerprint density at radius 3 is 1.98 bits per heavy atom. The number of methoxy groups -OCH3 is 2. The number of anilines is 1. The lowest BCUT2D eigenvalue weighted by Gasteiger charge is -2.26. The molecule has 3 aromatic carbocycles. The van der Waals surface area contributed by atoms with E-state index in [1.807, 2.05) is 13.8 Å². The SMILES string of the molecule is CCOc1ccc(N(CC(=O)NC(CC)c2ccc(S(C)(=O)=O)cc2)S(=O)(=O)c2ccc(OC)c(OC)c2)cc1. The van der Waals surface area contributed by atoms with E-state index in [1.165, 1.54) is 44.6 Å². The van der Waals surface area contributed by atoms with Gasteiger partial charge in [0.2, 0.25) is 5.91 Å². The van der Waals surface area contributed by atoms with E-state index in [4.69, 9.17) is 14.2 Å². The fraction of sp³-hybridized carbons (Fsp3) is 0.321. The van der Waals surface area contributed by atoms with E-state index in [-0.39, 0.29) is 21.2 Å². The molecule has 0 aromatic heterocycles. The Morgan fingerprint density at radius 2 is 1.45 bits per heavy atom. The van der Waals surface area contributed by atoms with E-state index in [9.17, 15) is 21.6 Å². The predicted molar refractivity (Wildman–Crippen MR) is 152 cm³/mol. The van der Waals surface area contributed by atoms with E-state index < -0.39 is 38.4 Å². The monoisotopic (exact) mass is 590 g/mol. The van der Waals surface area contributed by atoms with Gasteiger partial charge in [0.25, 0.3) is 10.0 Å². The smallest absolute Gasteiger partial charge is 0.264 e. The fourth-order valence-electron chi connectivity index (χ4n) is 4.03. The second-order valence-corrected chi connectivity index (χ2v) is 12.7. The molecule has 10 nitrogen and oxygen atoms in total. The van der Waals surface area contributed by atoms with E-state index in [2.05, 4.69) is 5.32 Å². The van der Waals surface area contributed by atoms with Crippen molar-refractivity contribution in [2.75, 3.05) is 37.9 Å². The minimum Gasteiger partial charge on any atom is -0.494 e. The van der Waals surface area contributed by atoms with Crippen LogP contribution in [0.3, 0.4) is 0 Å². The normalized spacial score (nSPS) is 12.3. The first-order valence-electron chi connectivity index (χ1n) is 12.5. The molecule has 0 heterocycles. The van der Waals surface area contributed by atoms with Crippen molar-refractivity contribution < 1.29 is 35.8 Å². The van der Waals surface area contributed by atoms with Gasteiger partial charge in [-0.2, -0.15) is 0 Å². The third-order valence-corrected chi connectivity index (χ3v) is 9.02. The number of sulfonamides is 1. The number of nitrogens with zero attached hydrogens (tertiary/aromatic N) is 1. The van der Waals surface area contributed by atoms with Gasteiger partial charge in [-0.15, -0.1) is 0 Å². The number of rotatable bonds is 13. The Labute approximate surface area is 235 Å². The Morgan fingerprint density at radius 1 is 0.850 bits per heavy atom. The summed E-state index contributed by atoms with van der Waals surface area (Å²) in [7, 11) is -4.75. The van der Waals surface area contributed by atoms with Crippen LogP contribution >= 0.6 is 0 Å². The summed E-state index contributed by atoms with van der Waals surface area (Å²) < 4.78 is 68.3. The number of amides is 1. The average molecular weight is 591 g/mol. The highest BCUT2D eigenvalue weighted by atomic mass is 32.2. The van der Waals surface area contributed by atoms with Crippen molar-refractivity contribution in [1.82, 2.24) is 5.32 Å². The van der Waals surface area contributed by atoms with E-state index in [0.29, 0.717) is 30.1 Å². The lowest BCUT2D eigenvalue weighted by molar-refractivity contribution is -0.120. The number of sulfone groups is 1. The molecule has 0 fully saturated rings. The molecule has 0 saturated carbocycles. The molecule has 40 heavy (non-hydrogen) atoms. The van der Waals surface area contributed by atoms with Crippen molar-refractivity contribution in [3.63, 3.8) is 0 Å². The summed E-state index contributed by atoms with van der Waals surface area (Å²) >= 11 is 0. The van der Waals surface area contributed by atoms with Gasteiger partial charge in [0, 0.05) is 12.3 Å². The molecule has 1 N–H and O–H groups in total. The summed E-state index contributed by atoms with van der Waals surface area (Å²) in [6.45, 7) is 3.63. The van der Waals surface area contributed by atoms with Gasteiger partial charge < -0.3 is 19.5 Å². The zero-order valence-electron chi connectivity index (χ0n) is 23.1. The summed E-state index contributed by atoms with van der Waals surface area (Å²) in [5.74, 6) is 0.600. The van der Waals surface area contributed by atoms with Crippen LogP contribution in [-0.2, 0) is 24.7 Å². The van der Waals surface area contributed by atoms with Gasteiger partial charge in [-0.25, -0.2) is 16.8 Å². The Hall–Kier alpha value is -3.77. The topological polar surface area (TPSA) is 128 Å². The maximum absolute atomic E-state index is 13.9. The lowest BCUT2D eigenvalue weighted by atomic mass is 10.0. The molecule has 12 heteroatoms. The maximum Gasteiger partial charge on any atom is 0.264 e. The molecule has 0 radical (unpaired) electrons. The highest BCUT2D eigenvalue weighted by Crippen LogP contribution is 2.33. The third-order valence-electron chi connectivity index (χ3n) is 6.12. The van der Waals surface area contributed by atoms with Crippen LogP contribution in [0.1, 0.15) is 31.9 Å². The van der Waals surface area contributed by atoms with Crippen LogP contribution in [0, 0.1) is 0 Å². The standard InChI is InChI=1S/C28H34N2O8S2/c1-6-25(20-8-14-23(15-9-20)39(5,32)33)29-28(31)19-30(21-10-12-22(13-11-21)38-7-2)40(34,35)24-16-17-26(36-3)27(18-24)37-4/h8-18,25H,6-7,19H2,1-5H3,(H,29,31). The molecule has 0 aliphatic rings. The van der Waals surface area contributed by atoms with Crippen LogP contribution in [-0.4, -0.2) is 56.4 Å². The van der Waals surface area contributed by atoms with Crippen LogP contribution < -0.4 is 23.8 Å². The number of carbonyl (C=O) groups excluding carboxylic acids is 1.